The van der Waals surface area contributed by atoms with Crippen molar-refractivity contribution in [3.8, 4) is 0 Å². The van der Waals surface area contributed by atoms with Gasteiger partial charge >= 0.3 is 5.97 Å². The highest BCUT2D eigenvalue weighted by atomic mass is 16.5. The number of carbonyl (C=O) groups is 2. The molecule has 18 heavy (non-hydrogen) atoms. The van der Waals surface area contributed by atoms with Gasteiger partial charge in [-0.25, -0.2) is 0 Å². The number of carbonyl (C=O) groups excluding carboxylic acids is 1. The Morgan fingerprint density at radius 1 is 1.44 bits per heavy atom. The normalized spacial score (nSPS) is 20.8. The van der Waals surface area contributed by atoms with Crippen LogP contribution in [-0.2, 0) is 14.3 Å². The Labute approximate surface area is 108 Å². The largest absolute Gasteiger partial charge is 0.481 e. The van der Waals surface area contributed by atoms with Gasteiger partial charge in [-0.15, -0.1) is 0 Å². The summed E-state index contributed by atoms with van der Waals surface area (Å²) in [4.78, 5) is 24.8. The molecule has 1 atom stereocenters. The lowest BCUT2D eigenvalue weighted by molar-refractivity contribution is -0.152. The second-order valence-corrected chi connectivity index (χ2v) is 5.43. The van der Waals surface area contributed by atoms with Gasteiger partial charge in [0, 0.05) is 26.1 Å². The molecule has 0 aromatic carbocycles. The van der Waals surface area contributed by atoms with Gasteiger partial charge in [-0.05, 0) is 33.6 Å². The van der Waals surface area contributed by atoms with Gasteiger partial charge < -0.3 is 14.7 Å². The minimum absolute atomic E-state index is 0.0428. The summed E-state index contributed by atoms with van der Waals surface area (Å²) < 4.78 is 5.53. The average Bonchev–Trinajstić information content (AvgIpc) is 2.29. The van der Waals surface area contributed by atoms with Crippen molar-refractivity contribution >= 4 is 11.9 Å². The van der Waals surface area contributed by atoms with Crippen LogP contribution in [0.3, 0.4) is 0 Å². The average molecular weight is 257 g/mol. The van der Waals surface area contributed by atoms with Gasteiger partial charge in [-0.3, -0.25) is 9.59 Å². The molecule has 0 spiro atoms. The van der Waals surface area contributed by atoms with E-state index in [-0.39, 0.29) is 18.4 Å². The number of piperidine rings is 1. The van der Waals surface area contributed by atoms with Crippen molar-refractivity contribution in [3.05, 3.63) is 0 Å². The summed E-state index contributed by atoms with van der Waals surface area (Å²) in [6.07, 6.45) is 2.03. The van der Waals surface area contributed by atoms with Crippen LogP contribution in [0.2, 0.25) is 0 Å². The molecule has 0 saturated carbocycles. The predicted molar refractivity (Wildman–Crippen MR) is 67.3 cm³/mol. The maximum Gasteiger partial charge on any atom is 0.309 e. The Kier molecular flexibility index (Phi) is 5.14. The minimum atomic E-state index is -1.00. The number of rotatable bonds is 5. The van der Waals surface area contributed by atoms with Crippen LogP contribution in [-0.4, -0.2) is 47.7 Å². The number of hydrogen-bond acceptors (Lipinski definition) is 3. The van der Waals surface area contributed by atoms with Crippen LogP contribution in [0.4, 0.5) is 0 Å². The van der Waals surface area contributed by atoms with Crippen molar-refractivity contribution in [2.24, 2.45) is 5.41 Å². The molecular weight excluding hydrogens is 234 g/mol. The van der Waals surface area contributed by atoms with Crippen molar-refractivity contribution in [1.29, 1.82) is 0 Å². The molecule has 1 unspecified atom stereocenters. The van der Waals surface area contributed by atoms with Crippen LogP contribution < -0.4 is 0 Å². The molecule has 0 aromatic rings. The first-order valence-electron chi connectivity index (χ1n) is 6.49. The number of likely N-dealkylation sites (tertiary alicyclic amines) is 1. The first kappa shape index (κ1) is 15.0. The summed E-state index contributed by atoms with van der Waals surface area (Å²) in [6.45, 7) is 7.04. The van der Waals surface area contributed by atoms with E-state index in [1.54, 1.807) is 18.7 Å². The standard InChI is InChI=1S/C13H23NO4/c1-4-18-10-6-5-7-14(9-10)11(15)8-13(2,3)12(16)17/h10H,4-9H2,1-3H3,(H,16,17). The number of aliphatic carboxylic acids is 1. The van der Waals surface area contributed by atoms with Crippen molar-refractivity contribution < 1.29 is 19.4 Å². The van der Waals surface area contributed by atoms with Gasteiger partial charge in [0.05, 0.1) is 11.5 Å². The smallest absolute Gasteiger partial charge is 0.309 e. The van der Waals surface area contributed by atoms with E-state index in [1.165, 1.54) is 0 Å². The van der Waals surface area contributed by atoms with Crippen molar-refractivity contribution in [3.63, 3.8) is 0 Å². The van der Waals surface area contributed by atoms with E-state index in [0.717, 1.165) is 12.8 Å². The van der Waals surface area contributed by atoms with E-state index in [0.29, 0.717) is 19.7 Å². The van der Waals surface area contributed by atoms with Crippen LogP contribution in [0, 0.1) is 5.41 Å². The molecule has 5 nitrogen and oxygen atoms in total. The van der Waals surface area contributed by atoms with Crippen LogP contribution in [0.15, 0.2) is 0 Å². The molecule has 1 saturated heterocycles. The third-order valence-electron chi connectivity index (χ3n) is 3.31. The Morgan fingerprint density at radius 3 is 2.67 bits per heavy atom. The Morgan fingerprint density at radius 2 is 2.11 bits per heavy atom. The summed E-state index contributed by atoms with van der Waals surface area (Å²) in [5.74, 6) is -1.03. The first-order chi connectivity index (χ1) is 8.36. The number of carboxylic acid groups (broad SMARTS) is 1. The highest BCUT2D eigenvalue weighted by Gasteiger charge is 2.33. The molecule has 1 aliphatic heterocycles. The maximum absolute atomic E-state index is 12.1. The number of ether oxygens (including phenoxy) is 1. The van der Waals surface area contributed by atoms with E-state index >= 15 is 0 Å². The summed E-state index contributed by atoms with van der Waals surface area (Å²) in [7, 11) is 0. The Bertz CT molecular complexity index is 312. The van der Waals surface area contributed by atoms with Gasteiger partial charge in [-0.2, -0.15) is 0 Å². The topological polar surface area (TPSA) is 66.8 Å². The first-order valence-corrected chi connectivity index (χ1v) is 6.49. The molecule has 104 valence electrons. The number of hydrogen-bond donors (Lipinski definition) is 1. The SMILES string of the molecule is CCOC1CCCN(C(=O)CC(C)(C)C(=O)O)C1. The van der Waals surface area contributed by atoms with Gasteiger partial charge in [0.15, 0.2) is 0 Å². The molecule has 1 fully saturated rings. The Balaban J connectivity index is 2.53. The van der Waals surface area contributed by atoms with Gasteiger partial charge in [0.2, 0.25) is 5.91 Å². The zero-order valence-corrected chi connectivity index (χ0v) is 11.4. The molecule has 5 heteroatoms. The van der Waals surface area contributed by atoms with E-state index in [9.17, 15) is 9.59 Å². The van der Waals surface area contributed by atoms with Crippen LogP contribution >= 0.6 is 0 Å². The molecule has 0 bridgehead atoms. The van der Waals surface area contributed by atoms with Crippen LogP contribution in [0.1, 0.15) is 40.0 Å². The molecule has 1 N–H and O–H groups in total. The predicted octanol–water partition coefficient (Wildman–Crippen LogP) is 1.51. The molecule has 1 aliphatic rings. The monoisotopic (exact) mass is 257 g/mol. The highest BCUT2D eigenvalue weighted by molar-refractivity contribution is 5.84. The maximum atomic E-state index is 12.1. The fourth-order valence-electron chi connectivity index (χ4n) is 2.10. The number of amides is 1. The fourth-order valence-corrected chi connectivity index (χ4v) is 2.10. The fraction of sp³-hybridized carbons (Fsp3) is 0.846. The molecule has 0 radical (unpaired) electrons. The second kappa shape index (κ2) is 6.18. The Hall–Kier alpha value is -1.10. The summed E-state index contributed by atoms with van der Waals surface area (Å²) in [5, 5.41) is 9.03. The lowest BCUT2D eigenvalue weighted by Crippen LogP contribution is -2.45. The quantitative estimate of drug-likeness (QED) is 0.810. The van der Waals surface area contributed by atoms with Gasteiger partial charge in [0.1, 0.15) is 0 Å². The molecular formula is C13H23NO4. The van der Waals surface area contributed by atoms with Crippen LogP contribution in [0.5, 0.6) is 0 Å². The third-order valence-corrected chi connectivity index (χ3v) is 3.31. The van der Waals surface area contributed by atoms with E-state index in [4.69, 9.17) is 9.84 Å². The number of carboxylic acids is 1. The summed E-state index contributed by atoms with van der Waals surface area (Å²) in [5.41, 5.74) is -1.00. The minimum Gasteiger partial charge on any atom is -0.481 e. The highest BCUT2D eigenvalue weighted by Crippen LogP contribution is 2.23. The van der Waals surface area contributed by atoms with E-state index < -0.39 is 11.4 Å². The second-order valence-electron chi connectivity index (χ2n) is 5.43. The molecule has 0 aromatic heterocycles. The van der Waals surface area contributed by atoms with Gasteiger partial charge in [-0.1, -0.05) is 0 Å². The molecule has 1 amide bonds. The summed E-state index contributed by atoms with van der Waals surface area (Å²) >= 11 is 0. The van der Waals surface area contributed by atoms with E-state index in [2.05, 4.69) is 0 Å². The van der Waals surface area contributed by atoms with Crippen molar-refractivity contribution in [2.75, 3.05) is 19.7 Å². The zero-order chi connectivity index (χ0) is 13.8. The third kappa shape index (κ3) is 3.98. The lowest BCUT2D eigenvalue weighted by atomic mass is 9.88. The molecule has 1 heterocycles. The summed E-state index contributed by atoms with van der Waals surface area (Å²) in [6, 6.07) is 0. The molecule has 0 aliphatic carbocycles. The number of nitrogens with zero attached hydrogens (tertiary/aromatic N) is 1. The van der Waals surface area contributed by atoms with Gasteiger partial charge in [0.25, 0.3) is 0 Å². The zero-order valence-electron chi connectivity index (χ0n) is 11.4. The van der Waals surface area contributed by atoms with Crippen molar-refractivity contribution in [2.45, 2.75) is 46.1 Å². The van der Waals surface area contributed by atoms with Crippen molar-refractivity contribution in [1.82, 2.24) is 4.90 Å². The lowest BCUT2D eigenvalue weighted by Gasteiger charge is -2.34. The molecule has 1 rings (SSSR count). The van der Waals surface area contributed by atoms with E-state index in [1.807, 2.05) is 6.92 Å². The van der Waals surface area contributed by atoms with Crippen LogP contribution in [0.25, 0.3) is 0 Å².